The zero-order valence-electron chi connectivity index (χ0n) is 6.41. The second kappa shape index (κ2) is 5.41. The molecule has 0 aromatic rings. The fourth-order valence-electron chi connectivity index (χ4n) is 0.671. The molecule has 0 amide bonds. The molecule has 4 atom stereocenters. The lowest BCUT2D eigenvalue weighted by Gasteiger charge is -2.24. The average molecular weight is 182 g/mol. The van der Waals surface area contributed by atoms with Gasteiger partial charge >= 0.3 is 0 Å². The normalized spacial score (nSPS) is 21.5. The van der Waals surface area contributed by atoms with Crippen molar-refractivity contribution in [2.45, 2.75) is 24.4 Å². The summed E-state index contributed by atoms with van der Waals surface area (Å²) in [6, 6.07) is 0. The summed E-state index contributed by atoms with van der Waals surface area (Å²) in [7, 11) is 0. The van der Waals surface area contributed by atoms with E-state index in [0.29, 0.717) is 0 Å². The van der Waals surface area contributed by atoms with Gasteiger partial charge in [0.1, 0.15) is 24.4 Å². The van der Waals surface area contributed by atoms with Gasteiger partial charge in [0.2, 0.25) is 0 Å². The molecular formula is C6H14O6. The first-order valence-corrected chi connectivity index (χ1v) is 3.48. The minimum atomic E-state index is -1.67. The summed E-state index contributed by atoms with van der Waals surface area (Å²) < 4.78 is 0. The summed E-state index contributed by atoms with van der Waals surface area (Å²) in [5, 5.41) is 52.2. The standard InChI is InChI=1S/C6H14O6/c7-1-3(9)5(11)6(12)4(10)2-8/h3-12H,1-2H2/t3-,4?,5+,6+/m1/s1. The van der Waals surface area contributed by atoms with Crippen LogP contribution in [0.2, 0.25) is 0 Å². The predicted molar refractivity (Wildman–Crippen MR) is 38.2 cm³/mol. The van der Waals surface area contributed by atoms with Crippen molar-refractivity contribution in [3.05, 3.63) is 0 Å². The van der Waals surface area contributed by atoms with Gasteiger partial charge < -0.3 is 30.6 Å². The summed E-state index contributed by atoms with van der Waals surface area (Å²) in [5.74, 6) is 0. The molecule has 0 aliphatic heterocycles. The van der Waals surface area contributed by atoms with Crippen LogP contribution < -0.4 is 0 Å². The van der Waals surface area contributed by atoms with E-state index in [1.54, 1.807) is 0 Å². The van der Waals surface area contributed by atoms with Crippen molar-refractivity contribution >= 4 is 0 Å². The van der Waals surface area contributed by atoms with Crippen LogP contribution in [0.5, 0.6) is 0 Å². The molecule has 0 radical (unpaired) electrons. The zero-order valence-corrected chi connectivity index (χ0v) is 6.41. The van der Waals surface area contributed by atoms with Crippen molar-refractivity contribution in [2.75, 3.05) is 13.2 Å². The Balaban J connectivity index is 3.99. The topological polar surface area (TPSA) is 121 Å². The highest BCUT2D eigenvalue weighted by Crippen LogP contribution is 2.03. The molecule has 6 heteroatoms. The molecule has 0 saturated heterocycles. The molecule has 0 heterocycles. The third-order valence-corrected chi connectivity index (χ3v) is 1.51. The van der Waals surface area contributed by atoms with Crippen molar-refractivity contribution in [1.29, 1.82) is 0 Å². The van der Waals surface area contributed by atoms with Gasteiger partial charge in [-0.1, -0.05) is 0 Å². The first-order chi connectivity index (χ1) is 5.54. The third-order valence-electron chi connectivity index (χ3n) is 1.51. The van der Waals surface area contributed by atoms with Gasteiger partial charge in [-0.25, -0.2) is 0 Å². The Bertz CT molecular complexity index is 105. The maximum atomic E-state index is 8.96. The summed E-state index contributed by atoms with van der Waals surface area (Å²) in [6.45, 7) is -1.45. The minimum Gasteiger partial charge on any atom is -0.394 e. The van der Waals surface area contributed by atoms with E-state index in [-0.39, 0.29) is 0 Å². The van der Waals surface area contributed by atoms with Gasteiger partial charge in [-0.3, -0.25) is 0 Å². The summed E-state index contributed by atoms with van der Waals surface area (Å²) in [5.41, 5.74) is 0. The lowest BCUT2D eigenvalue weighted by atomic mass is 10.0. The fraction of sp³-hybridized carbons (Fsp3) is 1.00. The maximum absolute atomic E-state index is 8.96. The average Bonchev–Trinajstić information content (AvgIpc) is 2.12. The largest absolute Gasteiger partial charge is 0.394 e. The number of aliphatic hydroxyl groups is 6. The Hall–Kier alpha value is -0.240. The Labute approximate surface area is 69.3 Å². The molecule has 6 nitrogen and oxygen atoms in total. The van der Waals surface area contributed by atoms with Crippen LogP contribution in [0, 0.1) is 0 Å². The van der Waals surface area contributed by atoms with E-state index in [0.717, 1.165) is 0 Å². The second-order valence-corrected chi connectivity index (χ2v) is 2.48. The Morgan fingerprint density at radius 2 is 0.917 bits per heavy atom. The van der Waals surface area contributed by atoms with Gasteiger partial charge in [0, 0.05) is 0 Å². The SMILES string of the molecule is OCC(O)[C@H](O)[C@@H](O)[C@H](O)CO. The summed E-state index contributed by atoms with van der Waals surface area (Å²) in [4.78, 5) is 0. The van der Waals surface area contributed by atoms with Crippen LogP contribution in [0.25, 0.3) is 0 Å². The first-order valence-electron chi connectivity index (χ1n) is 3.48. The summed E-state index contributed by atoms with van der Waals surface area (Å²) >= 11 is 0. The highest BCUT2D eigenvalue weighted by molar-refractivity contribution is 4.79. The minimum absolute atomic E-state index is 0.726. The van der Waals surface area contributed by atoms with E-state index in [4.69, 9.17) is 30.6 Å². The van der Waals surface area contributed by atoms with Gasteiger partial charge in [0.15, 0.2) is 0 Å². The first kappa shape index (κ1) is 11.8. The van der Waals surface area contributed by atoms with Gasteiger partial charge in [0.25, 0.3) is 0 Å². The van der Waals surface area contributed by atoms with Crippen LogP contribution in [0.15, 0.2) is 0 Å². The smallest absolute Gasteiger partial charge is 0.111 e. The Kier molecular flexibility index (Phi) is 5.31. The molecule has 0 rings (SSSR count). The number of aliphatic hydroxyl groups excluding tert-OH is 6. The predicted octanol–water partition coefficient (Wildman–Crippen LogP) is -3.59. The molecule has 74 valence electrons. The lowest BCUT2D eigenvalue weighted by molar-refractivity contribution is -0.123. The monoisotopic (exact) mass is 182 g/mol. The Morgan fingerprint density at radius 1 is 0.667 bits per heavy atom. The zero-order chi connectivity index (χ0) is 9.72. The third kappa shape index (κ3) is 3.02. The van der Waals surface area contributed by atoms with Crippen LogP contribution >= 0.6 is 0 Å². The lowest BCUT2D eigenvalue weighted by Crippen LogP contribution is -2.46. The molecule has 6 N–H and O–H groups in total. The molecule has 1 unspecified atom stereocenters. The van der Waals surface area contributed by atoms with Crippen molar-refractivity contribution in [3.8, 4) is 0 Å². The van der Waals surface area contributed by atoms with Crippen LogP contribution in [-0.2, 0) is 0 Å². The van der Waals surface area contributed by atoms with E-state index in [9.17, 15) is 0 Å². The van der Waals surface area contributed by atoms with E-state index in [1.165, 1.54) is 0 Å². The molecule has 0 aromatic carbocycles. The van der Waals surface area contributed by atoms with E-state index < -0.39 is 37.6 Å². The molecule has 0 fully saturated rings. The van der Waals surface area contributed by atoms with Crippen LogP contribution in [-0.4, -0.2) is 68.3 Å². The van der Waals surface area contributed by atoms with E-state index in [2.05, 4.69) is 0 Å². The van der Waals surface area contributed by atoms with Crippen LogP contribution in [0.4, 0.5) is 0 Å². The Morgan fingerprint density at radius 3 is 1.08 bits per heavy atom. The van der Waals surface area contributed by atoms with Crippen molar-refractivity contribution in [1.82, 2.24) is 0 Å². The van der Waals surface area contributed by atoms with Crippen molar-refractivity contribution < 1.29 is 30.6 Å². The van der Waals surface area contributed by atoms with Gasteiger partial charge in [-0.2, -0.15) is 0 Å². The number of rotatable bonds is 5. The van der Waals surface area contributed by atoms with Crippen molar-refractivity contribution in [2.24, 2.45) is 0 Å². The molecule has 12 heavy (non-hydrogen) atoms. The van der Waals surface area contributed by atoms with Crippen molar-refractivity contribution in [3.63, 3.8) is 0 Å². The summed E-state index contributed by atoms with van der Waals surface area (Å²) in [6.07, 6.45) is -6.39. The quantitative estimate of drug-likeness (QED) is 0.261. The maximum Gasteiger partial charge on any atom is 0.111 e. The number of hydrogen-bond donors (Lipinski definition) is 6. The highest BCUT2D eigenvalue weighted by Gasteiger charge is 2.29. The van der Waals surface area contributed by atoms with Gasteiger partial charge in [-0.15, -0.1) is 0 Å². The molecule has 0 saturated carbocycles. The fourth-order valence-corrected chi connectivity index (χ4v) is 0.671. The van der Waals surface area contributed by atoms with E-state index >= 15 is 0 Å². The second-order valence-electron chi connectivity index (χ2n) is 2.48. The van der Waals surface area contributed by atoms with E-state index in [1.807, 2.05) is 0 Å². The van der Waals surface area contributed by atoms with Crippen LogP contribution in [0.1, 0.15) is 0 Å². The molecular weight excluding hydrogens is 168 g/mol. The number of hydrogen-bond acceptors (Lipinski definition) is 6. The molecule has 0 aromatic heterocycles. The molecule has 0 spiro atoms. The molecule has 0 aliphatic carbocycles. The molecule has 0 bridgehead atoms. The van der Waals surface area contributed by atoms with Gasteiger partial charge in [-0.05, 0) is 0 Å². The van der Waals surface area contributed by atoms with Crippen LogP contribution in [0.3, 0.4) is 0 Å². The van der Waals surface area contributed by atoms with Gasteiger partial charge in [0.05, 0.1) is 13.2 Å². The molecule has 0 aliphatic rings. The highest BCUT2D eigenvalue weighted by atomic mass is 16.4.